The summed E-state index contributed by atoms with van der Waals surface area (Å²) < 4.78 is 38.9. The molecular formula is C14H17F3N2S2. The molecule has 0 amide bonds. The van der Waals surface area contributed by atoms with E-state index in [0.717, 1.165) is 4.90 Å². The van der Waals surface area contributed by atoms with Gasteiger partial charge in [-0.05, 0) is 31.2 Å². The van der Waals surface area contributed by atoms with E-state index >= 15 is 0 Å². The van der Waals surface area contributed by atoms with Crippen molar-refractivity contribution >= 4 is 34.7 Å². The van der Waals surface area contributed by atoms with Gasteiger partial charge in [0.05, 0.1) is 5.92 Å². The lowest BCUT2D eigenvalue weighted by molar-refractivity contribution is -0.175. The summed E-state index contributed by atoms with van der Waals surface area (Å²) >= 11 is 6.58. The Bertz CT molecular complexity index is 531. The Labute approximate surface area is 131 Å². The number of anilines is 1. The van der Waals surface area contributed by atoms with E-state index in [2.05, 4.69) is 0 Å². The number of thioether (sulfide) groups is 1. The van der Waals surface area contributed by atoms with Crippen molar-refractivity contribution in [2.24, 2.45) is 11.7 Å². The first kappa shape index (κ1) is 16.4. The van der Waals surface area contributed by atoms with Gasteiger partial charge in [-0.2, -0.15) is 13.2 Å². The number of nitrogens with two attached hydrogens (primary N) is 1. The summed E-state index contributed by atoms with van der Waals surface area (Å²) in [5, 5.41) is 0. The van der Waals surface area contributed by atoms with Gasteiger partial charge < -0.3 is 10.6 Å². The summed E-state index contributed by atoms with van der Waals surface area (Å²) in [7, 11) is 0. The second-order valence-corrected chi connectivity index (χ2v) is 6.33. The van der Waals surface area contributed by atoms with Crippen LogP contribution in [0.5, 0.6) is 0 Å². The number of thiocarbonyl (C=S) groups is 1. The zero-order valence-electron chi connectivity index (χ0n) is 11.6. The first-order valence-electron chi connectivity index (χ1n) is 6.63. The Hall–Kier alpha value is -0.950. The number of alkyl halides is 3. The van der Waals surface area contributed by atoms with Crippen LogP contribution in [0.2, 0.25) is 0 Å². The molecule has 0 spiro atoms. The third-order valence-electron chi connectivity index (χ3n) is 3.70. The van der Waals surface area contributed by atoms with Gasteiger partial charge in [0.15, 0.2) is 0 Å². The zero-order chi connectivity index (χ0) is 15.6. The Morgan fingerprint density at radius 3 is 2.71 bits per heavy atom. The largest absolute Gasteiger partial charge is 0.393 e. The van der Waals surface area contributed by atoms with Crippen molar-refractivity contribution in [3.8, 4) is 0 Å². The zero-order valence-corrected chi connectivity index (χ0v) is 13.2. The average Bonchev–Trinajstić information content (AvgIpc) is 2.45. The van der Waals surface area contributed by atoms with Gasteiger partial charge in [-0.3, -0.25) is 0 Å². The fraction of sp³-hybridized carbons (Fsp3) is 0.500. The molecule has 0 bridgehead atoms. The summed E-state index contributed by atoms with van der Waals surface area (Å²) in [5.74, 6) is -1.29. The summed E-state index contributed by atoms with van der Waals surface area (Å²) in [6, 6.07) is 5.51. The molecule has 1 atom stereocenters. The van der Waals surface area contributed by atoms with Crippen LogP contribution >= 0.6 is 24.0 Å². The third kappa shape index (κ3) is 3.63. The van der Waals surface area contributed by atoms with Crippen molar-refractivity contribution < 1.29 is 13.2 Å². The van der Waals surface area contributed by atoms with E-state index in [0.29, 0.717) is 24.2 Å². The van der Waals surface area contributed by atoms with Crippen LogP contribution in [0.1, 0.15) is 18.4 Å². The van der Waals surface area contributed by atoms with Crippen molar-refractivity contribution in [1.82, 2.24) is 0 Å². The number of rotatable bonds is 3. The highest BCUT2D eigenvalue weighted by Gasteiger charge is 2.42. The Kier molecular flexibility index (Phi) is 5.03. The Morgan fingerprint density at radius 1 is 1.43 bits per heavy atom. The number of halogens is 3. The molecule has 1 aliphatic rings. The first-order chi connectivity index (χ1) is 9.84. The summed E-state index contributed by atoms with van der Waals surface area (Å²) in [4.78, 5) is 2.88. The maximum Gasteiger partial charge on any atom is 0.393 e. The van der Waals surface area contributed by atoms with Crippen LogP contribution in [0.3, 0.4) is 0 Å². The lowest BCUT2D eigenvalue weighted by atomic mass is 9.96. The third-order valence-corrected chi connectivity index (χ3v) is 4.68. The van der Waals surface area contributed by atoms with E-state index in [1.54, 1.807) is 11.0 Å². The van der Waals surface area contributed by atoms with Crippen LogP contribution in [0, 0.1) is 5.92 Å². The van der Waals surface area contributed by atoms with Crippen molar-refractivity contribution in [3.63, 3.8) is 0 Å². The fourth-order valence-electron chi connectivity index (χ4n) is 2.66. The number of benzene rings is 1. The number of hydrogen-bond acceptors (Lipinski definition) is 3. The monoisotopic (exact) mass is 334 g/mol. The SMILES string of the molecule is CSc1cccc(N2CCCC(C(F)(F)F)C2)c1C(N)=S. The summed E-state index contributed by atoms with van der Waals surface area (Å²) in [6.45, 7) is 0.566. The molecule has 21 heavy (non-hydrogen) atoms. The second-order valence-electron chi connectivity index (χ2n) is 5.05. The van der Waals surface area contributed by atoms with E-state index in [4.69, 9.17) is 18.0 Å². The molecule has 0 aromatic heterocycles. The molecule has 1 aliphatic heterocycles. The molecule has 1 unspecified atom stereocenters. The molecule has 1 aromatic carbocycles. The van der Waals surface area contributed by atoms with Gasteiger partial charge in [0.2, 0.25) is 0 Å². The molecule has 2 N–H and O–H groups in total. The molecule has 2 rings (SSSR count). The van der Waals surface area contributed by atoms with Crippen LogP contribution in [0.25, 0.3) is 0 Å². The maximum atomic E-state index is 13.0. The van der Waals surface area contributed by atoms with Gasteiger partial charge in [-0.15, -0.1) is 11.8 Å². The highest BCUT2D eigenvalue weighted by molar-refractivity contribution is 7.98. The van der Waals surface area contributed by atoms with Gasteiger partial charge >= 0.3 is 6.18 Å². The predicted octanol–water partition coefficient (Wildman–Crippen LogP) is 3.82. The van der Waals surface area contributed by atoms with Crippen LogP contribution in [-0.4, -0.2) is 30.5 Å². The minimum atomic E-state index is -4.15. The first-order valence-corrected chi connectivity index (χ1v) is 8.26. The molecule has 0 saturated carbocycles. The molecule has 0 aliphatic carbocycles. The van der Waals surface area contributed by atoms with Crippen LogP contribution in [0.15, 0.2) is 23.1 Å². The molecule has 0 radical (unpaired) electrons. The summed E-state index contributed by atoms with van der Waals surface area (Å²) in [5.41, 5.74) is 7.18. The maximum absolute atomic E-state index is 13.0. The predicted molar refractivity (Wildman–Crippen MR) is 85.1 cm³/mol. The van der Waals surface area contributed by atoms with Gasteiger partial charge in [-0.1, -0.05) is 18.3 Å². The minimum absolute atomic E-state index is 0.0308. The molecule has 1 saturated heterocycles. The van der Waals surface area contributed by atoms with Gasteiger partial charge in [0, 0.05) is 29.2 Å². The summed E-state index contributed by atoms with van der Waals surface area (Å²) in [6.07, 6.45) is -1.55. The number of hydrogen-bond donors (Lipinski definition) is 1. The Balaban J connectivity index is 2.35. The quantitative estimate of drug-likeness (QED) is 0.672. The van der Waals surface area contributed by atoms with Crippen molar-refractivity contribution in [2.45, 2.75) is 23.9 Å². The van der Waals surface area contributed by atoms with Gasteiger partial charge in [0.25, 0.3) is 0 Å². The standard InChI is InChI=1S/C14H17F3N2S2/c1-21-11-6-2-5-10(12(11)13(18)20)19-7-3-4-9(8-19)14(15,16)17/h2,5-6,9H,3-4,7-8H2,1H3,(H2,18,20). The van der Waals surface area contributed by atoms with Crippen molar-refractivity contribution in [1.29, 1.82) is 0 Å². The molecule has 2 nitrogen and oxygen atoms in total. The van der Waals surface area contributed by atoms with Crippen LogP contribution in [0.4, 0.5) is 18.9 Å². The van der Waals surface area contributed by atoms with Gasteiger partial charge in [0.1, 0.15) is 4.99 Å². The molecule has 1 aromatic rings. The van der Waals surface area contributed by atoms with E-state index in [1.165, 1.54) is 11.8 Å². The normalized spacial score (nSPS) is 19.6. The number of nitrogens with zero attached hydrogens (tertiary/aromatic N) is 1. The van der Waals surface area contributed by atoms with Crippen molar-refractivity contribution in [3.05, 3.63) is 23.8 Å². The van der Waals surface area contributed by atoms with E-state index in [1.807, 2.05) is 18.4 Å². The molecule has 116 valence electrons. The Morgan fingerprint density at radius 2 is 2.14 bits per heavy atom. The van der Waals surface area contributed by atoms with Crippen molar-refractivity contribution in [2.75, 3.05) is 24.2 Å². The van der Waals surface area contributed by atoms with Gasteiger partial charge in [-0.25, -0.2) is 0 Å². The lowest BCUT2D eigenvalue weighted by Crippen LogP contribution is -2.42. The fourth-order valence-corrected chi connectivity index (χ4v) is 3.58. The highest BCUT2D eigenvalue weighted by atomic mass is 32.2. The average molecular weight is 334 g/mol. The second kappa shape index (κ2) is 6.44. The number of piperidine rings is 1. The highest BCUT2D eigenvalue weighted by Crippen LogP contribution is 2.37. The molecule has 1 fully saturated rings. The van der Waals surface area contributed by atoms with E-state index < -0.39 is 12.1 Å². The van der Waals surface area contributed by atoms with E-state index in [-0.39, 0.29) is 18.0 Å². The molecule has 7 heteroatoms. The topological polar surface area (TPSA) is 29.3 Å². The molecule has 1 heterocycles. The lowest BCUT2D eigenvalue weighted by Gasteiger charge is -2.36. The van der Waals surface area contributed by atoms with E-state index in [9.17, 15) is 13.2 Å². The smallest absolute Gasteiger partial charge is 0.389 e. The van der Waals surface area contributed by atoms with Crippen LogP contribution < -0.4 is 10.6 Å². The van der Waals surface area contributed by atoms with Crippen LogP contribution in [-0.2, 0) is 0 Å². The molecular weight excluding hydrogens is 317 g/mol. The minimum Gasteiger partial charge on any atom is -0.389 e.